The number of nitrogens with zero attached hydrogens (tertiary/aromatic N) is 4. The summed E-state index contributed by atoms with van der Waals surface area (Å²) in [5.41, 5.74) is 1.32. The van der Waals surface area contributed by atoms with Gasteiger partial charge >= 0.3 is 0 Å². The second-order valence-electron chi connectivity index (χ2n) is 7.74. The normalized spacial score (nSPS) is 16.7. The highest BCUT2D eigenvalue weighted by atomic mass is 32.1. The van der Waals surface area contributed by atoms with Gasteiger partial charge < -0.3 is 14.8 Å². The summed E-state index contributed by atoms with van der Waals surface area (Å²) in [6.45, 7) is 4.38. The first-order valence-corrected chi connectivity index (χ1v) is 11.2. The fourth-order valence-corrected chi connectivity index (χ4v) is 4.78. The molecule has 1 saturated heterocycles. The van der Waals surface area contributed by atoms with Crippen LogP contribution in [-0.2, 0) is 17.8 Å². The Balaban J connectivity index is 1.18. The number of piperidine rings is 1. The van der Waals surface area contributed by atoms with Gasteiger partial charge in [-0.05, 0) is 44.5 Å². The molecule has 2 aliphatic heterocycles. The molecule has 9 nitrogen and oxygen atoms in total. The van der Waals surface area contributed by atoms with Crippen molar-refractivity contribution in [1.29, 1.82) is 0 Å². The molecular formula is C21H23N5O4S. The summed E-state index contributed by atoms with van der Waals surface area (Å²) >= 11 is 1.45. The Kier molecular flexibility index (Phi) is 5.33. The Labute approximate surface area is 182 Å². The van der Waals surface area contributed by atoms with Crippen molar-refractivity contribution in [3.8, 4) is 11.5 Å². The molecule has 2 aromatic heterocycles. The van der Waals surface area contributed by atoms with Gasteiger partial charge in [-0.1, -0.05) is 18.3 Å². The third-order valence-corrected chi connectivity index (χ3v) is 6.68. The number of benzene rings is 1. The molecular weight excluding hydrogens is 418 g/mol. The van der Waals surface area contributed by atoms with Gasteiger partial charge in [0, 0.05) is 30.3 Å². The van der Waals surface area contributed by atoms with Crippen molar-refractivity contribution in [1.82, 2.24) is 19.5 Å². The molecule has 162 valence electrons. The van der Waals surface area contributed by atoms with Gasteiger partial charge in [-0.25, -0.2) is 4.98 Å². The largest absolute Gasteiger partial charge is 0.454 e. The van der Waals surface area contributed by atoms with Gasteiger partial charge in [-0.15, -0.1) is 0 Å². The van der Waals surface area contributed by atoms with Gasteiger partial charge in [0.1, 0.15) is 5.01 Å². The van der Waals surface area contributed by atoms with Crippen molar-refractivity contribution < 1.29 is 14.3 Å². The van der Waals surface area contributed by atoms with Crippen molar-refractivity contribution in [2.75, 3.05) is 25.2 Å². The van der Waals surface area contributed by atoms with E-state index in [9.17, 15) is 9.59 Å². The summed E-state index contributed by atoms with van der Waals surface area (Å²) in [7, 11) is 0. The molecule has 1 fully saturated rings. The number of anilines is 1. The molecule has 0 spiro atoms. The van der Waals surface area contributed by atoms with Crippen LogP contribution in [0.1, 0.15) is 30.5 Å². The summed E-state index contributed by atoms with van der Waals surface area (Å²) in [6, 6.07) is 6.98. The number of likely N-dealkylation sites (tertiary alicyclic amines) is 1. The van der Waals surface area contributed by atoms with Crippen molar-refractivity contribution in [3.05, 3.63) is 45.3 Å². The summed E-state index contributed by atoms with van der Waals surface area (Å²) in [6.07, 6.45) is 2.31. The third-order valence-electron chi connectivity index (χ3n) is 5.63. The number of nitrogens with one attached hydrogen (secondary N) is 1. The van der Waals surface area contributed by atoms with Crippen molar-refractivity contribution >= 4 is 27.9 Å². The Morgan fingerprint density at radius 1 is 1.23 bits per heavy atom. The summed E-state index contributed by atoms with van der Waals surface area (Å²) < 4.78 is 12.0. The van der Waals surface area contributed by atoms with Gasteiger partial charge in [0.15, 0.2) is 11.5 Å². The highest BCUT2D eigenvalue weighted by molar-refractivity contribution is 7.16. The van der Waals surface area contributed by atoms with Crippen LogP contribution < -0.4 is 20.3 Å². The first-order valence-electron chi connectivity index (χ1n) is 10.4. The maximum absolute atomic E-state index is 12.7. The fourth-order valence-electron chi connectivity index (χ4n) is 3.92. The summed E-state index contributed by atoms with van der Waals surface area (Å²) in [5.74, 6) is 1.33. The average Bonchev–Trinajstić information content (AvgIpc) is 3.40. The number of carbonyl (C=O) groups excluding carboxylic acids is 1. The molecule has 1 amide bonds. The van der Waals surface area contributed by atoms with Crippen LogP contribution in [0.25, 0.3) is 4.96 Å². The molecule has 31 heavy (non-hydrogen) atoms. The molecule has 4 heterocycles. The smallest absolute Gasteiger partial charge is 0.275 e. The fraction of sp³-hybridized carbons (Fsp3) is 0.429. The van der Waals surface area contributed by atoms with E-state index in [4.69, 9.17) is 9.47 Å². The van der Waals surface area contributed by atoms with Crippen LogP contribution in [-0.4, -0.2) is 45.3 Å². The van der Waals surface area contributed by atoms with E-state index in [1.807, 2.05) is 13.0 Å². The zero-order chi connectivity index (χ0) is 21.4. The Hall–Kier alpha value is -2.98. The van der Waals surface area contributed by atoms with E-state index in [0.717, 1.165) is 43.1 Å². The molecule has 0 radical (unpaired) electrons. The molecule has 0 aliphatic carbocycles. The minimum absolute atomic E-state index is 0.0214. The van der Waals surface area contributed by atoms with Crippen molar-refractivity contribution in [2.45, 2.75) is 32.7 Å². The molecule has 3 aromatic rings. The molecule has 5 rings (SSSR count). The van der Waals surface area contributed by atoms with Crippen LogP contribution in [0.2, 0.25) is 0 Å². The van der Waals surface area contributed by atoms with E-state index in [1.165, 1.54) is 15.9 Å². The maximum atomic E-state index is 12.7. The zero-order valence-electron chi connectivity index (χ0n) is 17.2. The monoisotopic (exact) mass is 441 g/mol. The first kappa shape index (κ1) is 20.0. The van der Waals surface area contributed by atoms with Gasteiger partial charge in [0.05, 0.1) is 5.69 Å². The molecule has 0 unspecified atom stereocenters. The van der Waals surface area contributed by atoms with Crippen LogP contribution >= 0.6 is 11.3 Å². The second kappa shape index (κ2) is 8.27. The van der Waals surface area contributed by atoms with Crippen LogP contribution in [0.5, 0.6) is 11.5 Å². The van der Waals surface area contributed by atoms with Crippen LogP contribution in [0.3, 0.4) is 0 Å². The number of hydrogen-bond donors (Lipinski definition) is 1. The van der Waals surface area contributed by atoms with Crippen LogP contribution in [0.15, 0.2) is 29.1 Å². The zero-order valence-corrected chi connectivity index (χ0v) is 18.0. The molecule has 1 N–H and O–H groups in total. The maximum Gasteiger partial charge on any atom is 0.275 e. The highest BCUT2D eigenvalue weighted by Gasteiger charge is 2.26. The van der Waals surface area contributed by atoms with Gasteiger partial charge in [-0.3, -0.25) is 14.5 Å². The van der Waals surface area contributed by atoms with Crippen LogP contribution in [0.4, 0.5) is 5.69 Å². The van der Waals surface area contributed by atoms with Gasteiger partial charge in [0.2, 0.25) is 17.7 Å². The van der Waals surface area contributed by atoms with E-state index < -0.39 is 0 Å². The standard InChI is InChI=1S/C21H23N5O4S/c1-2-18-24-26-19(27)10-15(23-21(26)31-18)11-25-7-5-13(6-8-25)20(28)22-14-3-4-16-17(9-14)30-12-29-16/h3-4,9-10,13H,2,5-8,11-12H2,1H3,(H,22,28). The lowest BCUT2D eigenvalue weighted by molar-refractivity contribution is -0.121. The lowest BCUT2D eigenvalue weighted by Crippen LogP contribution is -2.38. The van der Waals surface area contributed by atoms with E-state index in [1.54, 1.807) is 18.2 Å². The number of amides is 1. The third kappa shape index (κ3) is 4.13. The van der Waals surface area contributed by atoms with E-state index in [2.05, 4.69) is 20.3 Å². The second-order valence-corrected chi connectivity index (χ2v) is 8.78. The van der Waals surface area contributed by atoms with E-state index in [-0.39, 0.29) is 24.2 Å². The quantitative estimate of drug-likeness (QED) is 0.649. The SMILES string of the molecule is CCc1nn2c(=O)cc(CN3CCC(C(=O)Nc4ccc5c(c4)OCO5)CC3)nc2s1. The minimum atomic E-state index is -0.145. The molecule has 10 heteroatoms. The number of ether oxygens (including phenoxy) is 2. The summed E-state index contributed by atoms with van der Waals surface area (Å²) in [4.78, 5) is 32.5. The minimum Gasteiger partial charge on any atom is -0.454 e. The number of hydrogen-bond acceptors (Lipinski definition) is 8. The molecule has 2 aliphatic rings. The Morgan fingerprint density at radius 3 is 2.84 bits per heavy atom. The topological polar surface area (TPSA) is 98.1 Å². The number of carbonyl (C=O) groups is 1. The van der Waals surface area contributed by atoms with Crippen molar-refractivity contribution in [2.24, 2.45) is 5.92 Å². The van der Waals surface area contributed by atoms with E-state index >= 15 is 0 Å². The molecule has 0 atom stereocenters. The van der Waals surface area contributed by atoms with Gasteiger partial charge in [-0.2, -0.15) is 9.61 Å². The molecule has 0 saturated carbocycles. The van der Waals surface area contributed by atoms with Crippen LogP contribution in [0, 0.1) is 5.92 Å². The predicted molar refractivity (Wildman–Crippen MR) is 116 cm³/mol. The van der Waals surface area contributed by atoms with Gasteiger partial charge in [0.25, 0.3) is 5.56 Å². The highest BCUT2D eigenvalue weighted by Crippen LogP contribution is 2.34. The number of aromatic nitrogens is 3. The first-order chi connectivity index (χ1) is 15.1. The molecule has 1 aromatic carbocycles. The summed E-state index contributed by atoms with van der Waals surface area (Å²) in [5, 5.41) is 8.17. The van der Waals surface area contributed by atoms with Crippen molar-refractivity contribution in [3.63, 3.8) is 0 Å². The molecule has 0 bridgehead atoms. The lowest BCUT2D eigenvalue weighted by Gasteiger charge is -2.30. The predicted octanol–water partition coefficient (Wildman–Crippen LogP) is 2.29. The van der Waals surface area contributed by atoms with E-state index in [0.29, 0.717) is 28.7 Å². The number of aryl methyl sites for hydroxylation is 1. The number of rotatable bonds is 5. The lowest BCUT2D eigenvalue weighted by atomic mass is 9.95. The number of fused-ring (bicyclic) bond motifs is 2. The Morgan fingerprint density at radius 2 is 2.03 bits per heavy atom. The average molecular weight is 442 g/mol. The Bertz CT molecular complexity index is 1180.